The molecular formula is C43H16BF20NO4. The number of hydrogen-bond acceptors (Lipinski definition) is 3. The lowest BCUT2D eigenvalue weighted by Gasteiger charge is -2.44. The van der Waals surface area contributed by atoms with E-state index in [2.05, 4.69) is 0 Å². The zero-order chi connectivity index (χ0) is 51.3. The van der Waals surface area contributed by atoms with Gasteiger partial charge in [0.25, 0.3) is 5.69 Å². The number of carboxylic acids is 1. The molecule has 26 heteroatoms. The lowest BCUT2D eigenvalue weighted by molar-refractivity contribution is -0.665. The Kier molecular flexibility index (Phi) is 14.1. The number of carboxylic acid groups (broad SMARTS) is 1. The van der Waals surface area contributed by atoms with Crippen molar-refractivity contribution in [2.24, 2.45) is 0 Å². The minimum absolute atomic E-state index is 0.318. The van der Waals surface area contributed by atoms with E-state index < -0.39 is 163 Å². The fourth-order valence-corrected chi connectivity index (χ4v) is 7.45. The molecule has 0 spiro atoms. The van der Waals surface area contributed by atoms with Crippen molar-refractivity contribution in [2.75, 3.05) is 6.61 Å². The molecule has 1 heterocycles. The lowest BCUT2D eigenvalue weighted by Crippen LogP contribution is -2.81. The van der Waals surface area contributed by atoms with E-state index in [4.69, 9.17) is 9.84 Å². The van der Waals surface area contributed by atoms with Crippen molar-refractivity contribution in [3.8, 4) is 0 Å². The van der Waals surface area contributed by atoms with Crippen LogP contribution in [0.3, 0.4) is 0 Å². The van der Waals surface area contributed by atoms with Gasteiger partial charge in [-0.05, 0) is 12.1 Å². The molecule has 1 aromatic heterocycles. The van der Waals surface area contributed by atoms with Gasteiger partial charge in [-0.15, -0.1) is 21.9 Å². The van der Waals surface area contributed by atoms with E-state index in [1.165, 1.54) is 0 Å². The number of pyridine rings is 1. The van der Waals surface area contributed by atoms with Crippen LogP contribution < -0.4 is 26.4 Å². The summed E-state index contributed by atoms with van der Waals surface area (Å²) in [7, 11) is 0. The minimum Gasteiger partial charge on any atom is -0.479 e. The summed E-state index contributed by atoms with van der Waals surface area (Å²) in [5.74, 6) is -73.2. The Bertz CT molecular complexity index is 2880. The molecule has 5 nitrogen and oxygen atoms in total. The number of carbonyl (C=O) groups excluding carboxylic acids is 1. The SMILES string of the molecule is Fc1c(F)c(F)c([B-](c2c(F)c(F)c(F)c(F)c2F)(c2c(F)c(F)c(F)c(F)c2F)c2c(F)c(F)c(F)c(F)c2F)c(F)c1F.O=C(O)COC(=O)c1ccc2ccccc2[n+]1Cc1ccccc1. The highest BCUT2D eigenvalue weighted by Crippen LogP contribution is 2.31. The predicted octanol–water partition coefficient (Wildman–Crippen LogP) is 8.26. The summed E-state index contributed by atoms with van der Waals surface area (Å²) in [6, 6.07) is 20.9. The third kappa shape index (κ3) is 8.29. The second-order valence-electron chi connectivity index (χ2n) is 14.1. The topological polar surface area (TPSA) is 67.5 Å². The van der Waals surface area contributed by atoms with E-state index in [-0.39, 0.29) is 0 Å². The van der Waals surface area contributed by atoms with E-state index in [9.17, 15) is 62.3 Å². The first-order valence-corrected chi connectivity index (χ1v) is 18.4. The maximum absolute atomic E-state index is 15.4. The Morgan fingerprint density at radius 1 is 0.406 bits per heavy atom. The maximum Gasteiger partial charge on any atom is 0.404 e. The van der Waals surface area contributed by atoms with Crippen LogP contribution in [0.1, 0.15) is 16.1 Å². The molecule has 0 saturated carbocycles. The van der Waals surface area contributed by atoms with Gasteiger partial charge in [0.15, 0.2) is 83.0 Å². The standard InChI is InChI=1S/C24BF20.C19H15NO4/c26-5-1(6(27)14(35)21(42)13(5)34)25(2-7(28)15(36)22(43)16(37)8(2)29,3-9(30)17(38)23(44)18(39)10(3)31)4-11(32)19(40)24(45)20(41)12(4)33;21-18(22)13-24-19(23)17-11-10-15-8-4-5-9-16(15)20(17)12-14-6-2-1-3-7-14/h;1-11H,12-13H2/q-1;/p+1. The van der Waals surface area contributed by atoms with E-state index in [1.54, 1.807) is 6.07 Å². The van der Waals surface area contributed by atoms with Gasteiger partial charge >= 0.3 is 11.9 Å². The highest BCUT2D eigenvalue weighted by molar-refractivity contribution is 7.20. The van der Waals surface area contributed by atoms with Crippen molar-refractivity contribution in [3.63, 3.8) is 0 Å². The van der Waals surface area contributed by atoms with Crippen molar-refractivity contribution in [2.45, 2.75) is 6.54 Å². The van der Waals surface area contributed by atoms with Crippen LogP contribution in [0, 0.1) is 116 Å². The summed E-state index contributed by atoms with van der Waals surface area (Å²) in [4.78, 5) is 22.9. The molecule has 0 unspecified atom stereocenters. The van der Waals surface area contributed by atoms with Gasteiger partial charge in [-0.2, -0.15) is 4.57 Å². The summed E-state index contributed by atoms with van der Waals surface area (Å²) in [6.45, 7) is -0.170. The highest BCUT2D eigenvalue weighted by atomic mass is 19.2. The average molecular weight is 1000 g/mol. The molecule has 0 fully saturated rings. The Morgan fingerprint density at radius 2 is 0.710 bits per heavy atom. The zero-order valence-electron chi connectivity index (χ0n) is 33.0. The predicted molar refractivity (Wildman–Crippen MR) is 197 cm³/mol. The number of fused-ring (bicyclic) bond motifs is 1. The number of rotatable bonds is 9. The van der Waals surface area contributed by atoms with Crippen LogP contribution >= 0.6 is 0 Å². The number of aliphatic carboxylic acids is 1. The maximum atomic E-state index is 15.4. The average Bonchev–Trinajstić information content (AvgIpc) is 3.33. The van der Waals surface area contributed by atoms with Crippen LogP contribution in [0.25, 0.3) is 10.9 Å². The fourth-order valence-electron chi connectivity index (χ4n) is 7.45. The molecule has 69 heavy (non-hydrogen) atoms. The molecule has 0 aliphatic heterocycles. The van der Waals surface area contributed by atoms with Crippen molar-refractivity contribution in [1.29, 1.82) is 0 Å². The number of ether oxygens (including phenoxy) is 1. The largest absolute Gasteiger partial charge is 0.479 e. The number of esters is 1. The molecule has 0 bridgehead atoms. The number of carbonyl (C=O) groups is 2. The molecular weight excluding hydrogens is 985 g/mol. The lowest BCUT2D eigenvalue weighted by atomic mass is 9.12. The first kappa shape index (κ1) is 50.7. The number of halogens is 20. The van der Waals surface area contributed by atoms with Gasteiger partial charge in [0.1, 0.15) is 52.7 Å². The molecule has 0 aliphatic rings. The van der Waals surface area contributed by atoms with Gasteiger partial charge in [0.05, 0.1) is 0 Å². The van der Waals surface area contributed by atoms with Crippen LogP contribution in [0.15, 0.2) is 66.7 Å². The molecule has 0 atom stereocenters. The summed E-state index contributed by atoms with van der Waals surface area (Å²) in [5, 5.41) is 9.69. The summed E-state index contributed by atoms with van der Waals surface area (Å²) in [5.41, 5.74) is -12.1. The van der Waals surface area contributed by atoms with Crippen LogP contribution in [-0.4, -0.2) is 29.8 Å². The fraction of sp³-hybridized carbons (Fsp3) is 0.0465. The number of hydrogen-bond donors (Lipinski definition) is 1. The van der Waals surface area contributed by atoms with Crippen molar-refractivity contribution >= 4 is 50.8 Å². The zero-order valence-corrected chi connectivity index (χ0v) is 33.0. The van der Waals surface area contributed by atoms with Crippen molar-refractivity contribution in [1.82, 2.24) is 0 Å². The van der Waals surface area contributed by atoms with E-state index >= 15 is 35.1 Å². The van der Waals surface area contributed by atoms with Gasteiger partial charge < -0.3 is 9.84 Å². The number of nitrogens with zero attached hydrogens (tertiary/aromatic N) is 1. The van der Waals surface area contributed by atoms with Gasteiger partial charge in [-0.1, -0.05) is 42.5 Å². The smallest absolute Gasteiger partial charge is 0.404 e. The molecule has 6 aromatic carbocycles. The van der Waals surface area contributed by atoms with Gasteiger partial charge in [0.2, 0.25) is 5.52 Å². The van der Waals surface area contributed by atoms with E-state index in [1.807, 2.05) is 65.2 Å². The second kappa shape index (κ2) is 19.1. The third-order valence-electron chi connectivity index (χ3n) is 10.4. The number of benzene rings is 6. The Hall–Kier alpha value is -7.67. The van der Waals surface area contributed by atoms with E-state index in [0.717, 1.165) is 16.5 Å². The quantitative estimate of drug-likeness (QED) is 0.0396. The Morgan fingerprint density at radius 3 is 1.04 bits per heavy atom. The molecule has 0 amide bonds. The molecule has 0 saturated heterocycles. The molecule has 7 rings (SSSR count). The van der Waals surface area contributed by atoms with Crippen LogP contribution in [0.2, 0.25) is 0 Å². The minimum atomic E-state index is -7.22. The Balaban J connectivity index is 0.000000273. The normalized spacial score (nSPS) is 11.5. The van der Waals surface area contributed by atoms with Gasteiger partial charge in [-0.3, -0.25) is 0 Å². The van der Waals surface area contributed by atoms with Crippen LogP contribution in [0.5, 0.6) is 0 Å². The molecule has 0 aliphatic carbocycles. The van der Waals surface area contributed by atoms with Crippen molar-refractivity contribution in [3.05, 3.63) is 194 Å². The van der Waals surface area contributed by atoms with Crippen LogP contribution in [0.4, 0.5) is 87.8 Å². The summed E-state index contributed by atoms with van der Waals surface area (Å²) >= 11 is 0. The number of para-hydroxylation sites is 1. The monoisotopic (exact) mass is 1000 g/mol. The van der Waals surface area contributed by atoms with E-state index in [0.29, 0.717) is 12.2 Å². The molecule has 360 valence electrons. The van der Waals surface area contributed by atoms with Gasteiger partial charge in [0, 0.05) is 23.1 Å². The van der Waals surface area contributed by atoms with Crippen LogP contribution in [-0.2, 0) is 16.1 Å². The first-order valence-electron chi connectivity index (χ1n) is 18.4. The highest BCUT2D eigenvalue weighted by Gasteiger charge is 2.52. The van der Waals surface area contributed by atoms with Gasteiger partial charge in [-0.25, -0.2) is 97.4 Å². The molecule has 7 aromatic rings. The molecule has 1 N–H and O–H groups in total. The Labute approximate surface area is 369 Å². The third-order valence-corrected chi connectivity index (χ3v) is 10.4. The first-order chi connectivity index (χ1) is 32.3. The van der Waals surface area contributed by atoms with Crippen molar-refractivity contribution < 1.29 is 112 Å². The molecule has 0 radical (unpaired) electrons. The summed E-state index contributed by atoms with van der Waals surface area (Å²) in [6.07, 6.45) is -7.22. The number of aromatic nitrogens is 1. The summed E-state index contributed by atoms with van der Waals surface area (Å²) < 4.78 is 301. The second-order valence-corrected chi connectivity index (χ2v) is 14.1.